The van der Waals surface area contributed by atoms with E-state index in [1.54, 1.807) is 32.2 Å². The van der Waals surface area contributed by atoms with Crippen LogP contribution >= 0.6 is 0 Å². The first kappa shape index (κ1) is 18.7. The SMILES string of the molecule is CN=C(NCc1ccc(OC)c(F)c1)NC(C)c1ccc(C)c(F)c1. The smallest absolute Gasteiger partial charge is 0.191 e. The Kier molecular flexibility index (Phi) is 6.33. The first-order chi connectivity index (χ1) is 11.9. The van der Waals surface area contributed by atoms with Gasteiger partial charge in [-0.05, 0) is 48.7 Å². The average molecular weight is 347 g/mol. The molecule has 2 aromatic carbocycles. The molecule has 2 rings (SSSR count). The van der Waals surface area contributed by atoms with Crippen LogP contribution in [0.3, 0.4) is 0 Å². The van der Waals surface area contributed by atoms with Crippen LogP contribution in [0.4, 0.5) is 8.78 Å². The predicted octanol–water partition coefficient (Wildman–Crippen LogP) is 3.71. The number of ether oxygens (including phenoxy) is 1. The highest BCUT2D eigenvalue weighted by molar-refractivity contribution is 5.80. The van der Waals surface area contributed by atoms with Gasteiger partial charge in [-0.1, -0.05) is 18.2 Å². The third-order valence-electron chi connectivity index (χ3n) is 3.95. The van der Waals surface area contributed by atoms with Crippen molar-refractivity contribution < 1.29 is 13.5 Å². The van der Waals surface area contributed by atoms with Crippen molar-refractivity contribution in [3.05, 3.63) is 64.7 Å². The van der Waals surface area contributed by atoms with E-state index in [1.165, 1.54) is 19.2 Å². The second-order valence-electron chi connectivity index (χ2n) is 5.77. The zero-order valence-electron chi connectivity index (χ0n) is 14.9. The molecule has 0 radical (unpaired) electrons. The minimum absolute atomic E-state index is 0.131. The Morgan fingerprint density at radius 3 is 2.52 bits per heavy atom. The minimum atomic E-state index is -0.409. The third kappa shape index (κ3) is 4.92. The van der Waals surface area contributed by atoms with Gasteiger partial charge in [-0.25, -0.2) is 8.78 Å². The summed E-state index contributed by atoms with van der Waals surface area (Å²) in [7, 11) is 3.07. The van der Waals surface area contributed by atoms with Crippen molar-refractivity contribution in [3.8, 4) is 5.75 Å². The lowest BCUT2D eigenvalue weighted by Gasteiger charge is -2.19. The highest BCUT2D eigenvalue weighted by atomic mass is 19.1. The fraction of sp³-hybridized carbons (Fsp3) is 0.316. The number of guanidine groups is 1. The number of hydrogen-bond donors (Lipinski definition) is 2. The lowest BCUT2D eigenvalue weighted by molar-refractivity contribution is 0.386. The van der Waals surface area contributed by atoms with E-state index in [0.717, 1.165) is 11.1 Å². The second-order valence-corrected chi connectivity index (χ2v) is 5.77. The van der Waals surface area contributed by atoms with Crippen LogP contribution in [0.2, 0.25) is 0 Å². The summed E-state index contributed by atoms with van der Waals surface area (Å²) in [5, 5.41) is 6.31. The molecule has 2 aromatic rings. The van der Waals surface area contributed by atoms with Crippen molar-refractivity contribution in [2.24, 2.45) is 4.99 Å². The highest BCUT2D eigenvalue weighted by Gasteiger charge is 2.10. The van der Waals surface area contributed by atoms with E-state index in [0.29, 0.717) is 18.1 Å². The standard InChI is InChI=1S/C19H23F2N3O/c1-12-5-7-15(10-16(12)20)13(2)24-19(22-3)23-11-14-6-8-18(25-4)17(21)9-14/h5-10,13H,11H2,1-4H3,(H2,22,23,24). The normalized spacial score (nSPS) is 12.6. The van der Waals surface area contributed by atoms with Crippen LogP contribution in [0.5, 0.6) is 5.75 Å². The lowest BCUT2D eigenvalue weighted by Crippen LogP contribution is -2.38. The largest absolute Gasteiger partial charge is 0.494 e. The monoisotopic (exact) mass is 347 g/mol. The first-order valence-corrected chi connectivity index (χ1v) is 8.00. The highest BCUT2D eigenvalue weighted by Crippen LogP contribution is 2.18. The summed E-state index contributed by atoms with van der Waals surface area (Å²) in [5.41, 5.74) is 2.19. The summed E-state index contributed by atoms with van der Waals surface area (Å²) in [4.78, 5) is 4.15. The van der Waals surface area contributed by atoms with Gasteiger partial charge < -0.3 is 15.4 Å². The van der Waals surface area contributed by atoms with Crippen LogP contribution < -0.4 is 15.4 Å². The van der Waals surface area contributed by atoms with Gasteiger partial charge in [0, 0.05) is 13.6 Å². The van der Waals surface area contributed by atoms with Crippen LogP contribution in [0, 0.1) is 18.6 Å². The summed E-state index contributed by atoms with van der Waals surface area (Å²) in [6.07, 6.45) is 0. The molecule has 0 aliphatic carbocycles. The quantitative estimate of drug-likeness (QED) is 0.640. The van der Waals surface area contributed by atoms with Crippen molar-refractivity contribution in [2.45, 2.75) is 26.4 Å². The van der Waals surface area contributed by atoms with E-state index >= 15 is 0 Å². The molecule has 0 saturated heterocycles. The van der Waals surface area contributed by atoms with Gasteiger partial charge in [0.1, 0.15) is 5.82 Å². The van der Waals surface area contributed by atoms with Gasteiger partial charge in [-0.2, -0.15) is 0 Å². The number of benzene rings is 2. The molecule has 0 saturated carbocycles. The first-order valence-electron chi connectivity index (χ1n) is 8.00. The van der Waals surface area contributed by atoms with Gasteiger partial charge in [-0.3, -0.25) is 4.99 Å². The van der Waals surface area contributed by atoms with E-state index in [4.69, 9.17) is 4.74 Å². The maximum Gasteiger partial charge on any atom is 0.191 e. The zero-order valence-corrected chi connectivity index (χ0v) is 14.9. The maximum absolute atomic E-state index is 13.7. The van der Waals surface area contributed by atoms with Crippen LogP contribution in [-0.4, -0.2) is 20.1 Å². The molecule has 1 unspecified atom stereocenters. The topological polar surface area (TPSA) is 45.7 Å². The molecule has 0 heterocycles. The third-order valence-corrected chi connectivity index (χ3v) is 3.95. The van der Waals surface area contributed by atoms with Crippen molar-refractivity contribution in [1.82, 2.24) is 10.6 Å². The van der Waals surface area contributed by atoms with Crippen LogP contribution in [0.25, 0.3) is 0 Å². The van der Waals surface area contributed by atoms with Crippen LogP contribution in [-0.2, 0) is 6.54 Å². The Morgan fingerprint density at radius 2 is 1.92 bits per heavy atom. The minimum Gasteiger partial charge on any atom is -0.494 e. The summed E-state index contributed by atoms with van der Waals surface area (Å²) >= 11 is 0. The number of hydrogen-bond acceptors (Lipinski definition) is 2. The zero-order chi connectivity index (χ0) is 18.4. The maximum atomic E-state index is 13.7. The molecule has 0 spiro atoms. The van der Waals surface area contributed by atoms with Gasteiger partial charge >= 0.3 is 0 Å². The van der Waals surface area contributed by atoms with Crippen molar-refractivity contribution in [3.63, 3.8) is 0 Å². The van der Waals surface area contributed by atoms with Crippen molar-refractivity contribution >= 4 is 5.96 Å². The van der Waals surface area contributed by atoms with Gasteiger partial charge in [0.15, 0.2) is 17.5 Å². The second kappa shape index (κ2) is 8.46. The molecule has 1 atom stereocenters. The molecule has 0 aliphatic heterocycles. The Labute approximate surface area is 146 Å². The fourth-order valence-corrected chi connectivity index (χ4v) is 2.37. The lowest BCUT2D eigenvalue weighted by atomic mass is 10.1. The van der Waals surface area contributed by atoms with Gasteiger partial charge in [0.25, 0.3) is 0 Å². The van der Waals surface area contributed by atoms with Gasteiger partial charge in [0.2, 0.25) is 0 Å². The summed E-state index contributed by atoms with van der Waals surface area (Å²) in [6.45, 7) is 4.05. The number of nitrogens with zero attached hydrogens (tertiary/aromatic N) is 1. The molecule has 0 amide bonds. The van der Waals surface area contributed by atoms with E-state index < -0.39 is 5.82 Å². The Balaban J connectivity index is 1.98. The summed E-state index contributed by atoms with van der Waals surface area (Å²) in [6, 6.07) is 9.79. The van der Waals surface area contributed by atoms with E-state index in [9.17, 15) is 8.78 Å². The molecule has 4 nitrogen and oxygen atoms in total. The predicted molar refractivity (Wildman–Crippen MR) is 95.8 cm³/mol. The van der Waals surface area contributed by atoms with Crippen molar-refractivity contribution in [1.29, 1.82) is 0 Å². The number of halogens is 2. The van der Waals surface area contributed by atoms with E-state index in [1.807, 2.05) is 13.0 Å². The molecule has 134 valence electrons. The van der Waals surface area contributed by atoms with E-state index in [2.05, 4.69) is 15.6 Å². The number of methoxy groups -OCH3 is 1. The number of nitrogens with one attached hydrogen (secondary N) is 2. The Hall–Kier alpha value is -2.63. The molecule has 0 fully saturated rings. The molecule has 2 N–H and O–H groups in total. The van der Waals surface area contributed by atoms with E-state index in [-0.39, 0.29) is 17.6 Å². The summed E-state index contributed by atoms with van der Waals surface area (Å²) in [5.74, 6) is 0.113. The number of rotatable bonds is 5. The van der Waals surface area contributed by atoms with Crippen molar-refractivity contribution in [2.75, 3.05) is 14.2 Å². The number of aryl methyl sites for hydroxylation is 1. The Morgan fingerprint density at radius 1 is 1.16 bits per heavy atom. The average Bonchev–Trinajstić information content (AvgIpc) is 2.60. The summed E-state index contributed by atoms with van der Waals surface area (Å²) < 4.78 is 32.3. The van der Waals surface area contributed by atoms with Crippen LogP contribution in [0.1, 0.15) is 29.7 Å². The molecule has 0 aromatic heterocycles. The molecule has 0 bridgehead atoms. The molecular formula is C19H23F2N3O. The van der Waals surface area contributed by atoms with Crippen LogP contribution in [0.15, 0.2) is 41.4 Å². The Bertz CT molecular complexity index is 762. The molecule has 0 aliphatic rings. The number of aliphatic imine (C=N–C) groups is 1. The van der Waals surface area contributed by atoms with Gasteiger partial charge in [-0.15, -0.1) is 0 Å². The van der Waals surface area contributed by atoms with Gasteiger partial charge in [0.05, 0.1) is 13.2 Å². The molecule has 6 heteroatoms. The molecular weight excluding hydrogens is 324 g/mol. The fourth-order valence-electron chi connectivity index (χ4n) is 2.37. The molecule has 25 heavy (non-hydrogen) atoms.